The van der Waals surface area contributed by atoms with Gasteiger partial charge in [0.1, 0.15) is 0 Å². The van der Waals surface area contributed by atoms with Crippen LogP contribution in [0.15, 0.2) is 0 Å². The van der Waals surface area contributed by atoms with Crippen LogP contribution in [0.4, 0.5) is 0 Å². The maximum atomic E-state index is 11.3. The quantitative estimate of drug-likeness (QED) is 0.434. The normalized spacial score (nSPS) is 52.9. The van der Waals surface area contributed by atoms with Crippen molar-refractivity contribution in [1.82, 2.24) is 0 Å². The van der Waals surface area contributed by atoms with Crippen LogP contribution in [0.25, 0.3) is 0 Å². The Morgan fingerprint density at radius 3 is 0.594 bits per heavy atom. The predicted molar refractivity (Wildman–Crippen MR) is 126 cm³/mol. The van der Waals surface area contributed by atoms with Gasteiger partial charge in [-0.05, 0) is 124 Å². The Bertz CT molecular complexity index is 466. The van der Waals surface area contributed by atoms with E-state index in [0.29, 0.717) is 47.3 Å². The molecule has 5 aliphatic carbocycles. The number of rotatable bonds is 0. The molecular formula is C28H48O4. The van der Waals surface area contributed by atoms with Gasteiger partial charge in [-0.3, -0.25) is 0 Å². The van der Waals surface area contributed by atoms with E-state index >= 15 is 0 Å². The summed E-state index contributed by atoms with van der Waals surface area (Å²) in [7, 11) is 0. The van der Waals surface area contributed by atoms with Crippen molar-refractivity contribution in [1.29, 1.82) is 0 Å². The summed E-state index contributed by atoms with van der Waals surface area (Å²) in [6.07, 6.45) is 16.2. The van der Waals surface area contributed by atoms with E-state index in [1.54, 1.807) is 0 Å². The fourth-order valence-electron chi connectivity index (χ4n) is 9.09. The molecule has 0 spiro atoms. The lowest BCUT2D eigenvalue weighted by atomic mass is 9.63. The Morgan fingerprint density at radius 2 is 0.438 bits per heavy atom. The molecule has 0 aromatic carbocycles. The second-order valence-corrected chi connectivity index (χ2v) is 12.7. The minimum atomic E-state index is -0.266. The molecule has 0 aromatic heterocycles. The molecule has 4 heteroatoms. The maximum absolute atomic E-state index is 11.3. The maximum Gasteiger partial charge on any atom is 0.0596 e. The van der Waals surface area contributed by atoms with Gasteiger partial charge in [0.15, 0.2) is 0 Å². The molecule has 8 atom stereocenters. The Kier molecular flexibility index (Phi) is 7.53. The smallest absolute Gasteiger partial charge is 0.0596 e. The summed E-state index contributed by atoms with van der Waals surface area (Å²) in [5.41, 5.74) is 0. The summed E-state index contributed by atoms with van der Waals surface area (Å²) in [5.74, 6) is 2.45. The van der Waals surface area contributed by atoms with Crippen molar-refractivity contribution in [2.75, 3.05) is 0 Å². The molecular weight excluding hydrogens is 400 g/mol. The summed E-state index contributed by atoms with van der Waals surface area (Å²) in [5, 5.41) is 45.3. The van der Waals surface area contributed by atoms with Gasteiger partial charge < -0.3 is 20.4 Å². The van der Waals surface area contributed by atoms with Crippen molar-refractivity contribution in [3.8, 4) is 0 Å². The number of aliphatic hydroxyl groups excluding tert-OH is 4. The van der Waals surface area contributed by atoms with Crippen LogP contribution in [0.5, 0.6) is 0 Å². The predicted octanol–water partition coefficient (Wildman–Crippen LogP) is 4.67. The number of hydrogen-bond donors (Lipinski definition) is 4. The van der Waals surface area contributed by atoms with Gasteiger partial charge in [0, 0.05) is 0 Å². The van der Waals surface area contributed by atoms with E-state index < -0.39 is 0 Å². The number of aliphatic hydroxyl groups is 4. The van der Waals surface area contributed by atoms with Crippen LogP contribution in [-0.4, -0.2) is 44.8 Å². The molecule has 0 radical (unpaired) electrons. The third-order valence-corrected chi connectivity index (χ3v) is 10.9. The first-order chi connectivity index (χ1) is 15.5. The SMILES string of the molecule is OC1C2CCCC1CC1CCCC(CC3CCCC(CC4CCCC(C2)C4O)C3O)C1O. The van der Waals surface area contributed by atoms with E-state index in [-0.39, 0.29) is 24.4 Å². The minimum absolute atomic E-state index is 0.266. The van der Waals surface area contributed by atoms with E-state index in [9.17, 15) is 20.4 Å². The van der Waals surface area contributed by atoms with Crippen molar-refractivity contribution in [3.63, 3.8) is 0 Å². The molecule has 5 rings (SSSR count). The lowest BCUT2D eigenvalue weighted by molar-refractivity contribution is -0.0747. The second-order valence-electron chi connectivity index (χ2n) is 12.7. The topological polar surface area (TPSA) is 80.9 Å². The van der Waals surface area contributed by atoms with E-state index in [0.717, 1.165) is 77.0 Å². The third-order valence-electron chi connectivity index (χ3n) is 10.9. The molecule has 8 unspecified atom stereocenters. The molecule has 184 valence electrons. The highest BCUT2D eigenvalue weighted by Gasteiger charge is 2.44. The summed E-state index contributed by atoms with van der Waals surface area (Å²) in [6, 6.07) is 0. The van der Waals surface area contributed by atoms with Gasteiger partial charge in [-0.25, -0.2) is 0 Å². The first kappa shape index (κ1) is 23.6. The van der Waals surface area contributed by atoms with Gasteiger partial charge in [0.2, 0.25) is 0 Å². The summed E-state index contributed by atoms with van der Waals surface area (Å²) in [6.45, 7) is 0. The Labute approximate surface area is 195 Å². The largest absolute Gasteiger partial charge is 0.393 e. The Hall–Kier alpha value is -0.160. The molecule has 4 nitrogen and oxygen atoms in total. The molecule has 0 amide bonds. The molecule has 32 heavy (non-hydrogen) atoms. The zero-order chi connectivity index (χ0) is 22.2. The molecule has 0 aromatic rings. The fourth-order valence-corrected chi connectivity index (χ4v) is 9.09. The summed E-state index contributed by atoms with van der Waals surface area (Å²) < 4.78 is 0. The third kappa shape index (κ3) is 4.81. The van der Waals surface area contributed by atoms with Gasteiger partial charge in [-0.1, -0.05) is 25.7 Å². The van der Waals surface area contributed by atoms with Crippen LogP contribution >= 0.6 is 0 Å². The molecule has 0 saturated heterocycles. The minimum Gasteiger partial charge on any atom is -0.393 e. The fraction of sp³-hybridized carbons (Fsp3) is 1.00. The highest BCUT2D eigenvalue weighted by atomic mass is 16.3. The van der Waals surface area contributed by atoms with Crippen LogP contribution in [0, 0.1) is 47.3 Å². The van der Waals surface area contributed by atoms with Crippen LogP contribution in [0.2, 0.25) is 0 Å². The monoisotopic (exact) mass is 448 g/mol. The average Bonchev–Trinajstić information content (AvgIpc) is 2.78. The van der Waals surface area contributed by atoms with Crippen molar-refractivity contribution >= 4 is 0 Å². The molecule has 0 aliphatic heterocycles. The van der Waals surface area contributed by atoms with Gasteiger partial charge in [0.25, 0.3) is 0 Å². The summed E-state index contributed by atoms with van der Waals surface area (Å²) >= 11 is 0. The highest BCUT2D eigenvalue weighted by molar-refractivity contribution is 4.94. The lowest BCUT2D eigenvalue weighted by Gasteiger charge is -2.46. The van der Waals surface area contributed by atoms with Crippen LogP contribution in [0.3, 0.4) is 0 Å². The lowest BCUT2D eigenvalue weighted by Crippen LogP contribution is -2.45. The van der Waals surface area contributed by atoms with Crippen LogP contribution < -0.4 is 0 Å². The van der Waals surface area contributed by atoms with Crippen LogP contribution in [0.1, 0.15) is 103 Å². The molecule has 8 bridgehead atoms. The molecule has 0 heterocycles. The zero-order valence-electron chi connectivity index (χ0n) is 20.0. The molecule has 5 fully saturated rings. The highest BCUT2D eigenvalue weighted by Crippen LogP contribution is 2.47. The van der Waals surface area contributed by atoms with Crippen molar-refractivity contribution in [2.45, 2.75) is 127 Å². The van der Waals surface area contributed by atoms with Gasteiger partial charge in [-0.2, -0.15) is 0 Å². The van der Waals surface area contributed by atoms with Crippen molar-refractivity contribution in [3.05, 3.63) is 0 Å². The standard InChI is InChI=1S/C28H48O4/c29-25-17-5-1-6-18(25)14-20-8-3-10-22(27(20)31)16-24-12-4-11-23(28(24)32)15-21-9-2-7-19(13-17)26(21)30/h17-32H,1-16H2. The molecule has 5 aliphatic rings. The average molecular weight is 449 g/mol. The van der Waals surface area contributed by atoms with Gasteiger partial charge in [0.05, 0.1) is 24.4 Å². The van der Waals surface area contributed by atoms with Gasteiger partial charge in [-0.15, -0.1) is 0 Å². The van der Waals surface area contributed by atoms with Gasteiger partial charge >= 0.3 is 0 Å². The van der Waals surface area contributed by atoms with Crippen LogP contribution in [-0.2, 0) is 0 Å². The second kappa shape index (κ2) is 10.2. The first-order valence-electron chi connectivity index (χ1n) is 14.2. The summed E-state index contributed by atoms with van der Waals surface area (Å²) in [4.78, 5) is 0. The van der Waals surface area contributed by atoms with Crippen molar-refractivity contribution < 1.29 is 20.4 Å². The number of hydrogen-bond acceptors (Lipinski definition) is 4. The number of fused-ring (bicyclic) bond motifs is 8. The Morgan fingerprint density at radius 1 is 0.281 bits per heavy atom. The van der Waals surface area contributed by atoms with E-state index in [1.165, 1.54) is 25.7 Å². The van der Waals surface area contributed by atoms with E-state index in [2.05, 4.69) is 0 Å². The zero-order valence-corrected chi connectivity index (χ0v) is 20.0. The Balaban J connectivity index is 1.40. The first-order valence-corrected chi connectivity index (χ1v) is 14.2. The van der Waals surface area contributed by atoms with E-state index in [4.69, 9.17) is 0 Å². The van der Waals surface area contributed by atoms with E-state index in [1.807, 2.05) is 0 Å². The molecule has 5 saturated carbocycles. The van der Waals surface area contributed by atoms with Crippen molar-refractivity contribution in [2.24, 2.45) is 47.3 Å². The molecule has 4 N–H and O–H groups in total.